The molecule has 0 unspecified atom stereocenters. The van der Waals surface area contributed by atoms with Crippen molar-refractivity contribution in [1.29, 1.82) is 0 Å². The Morgan fingerprint density at radius 1 is 1.29 bits per heavy atom. The molecule has 2 saturated heterocycles. The third-order valence-corrected chi connectivity index (χ3v) is 5.35. The van der Waals surface area contributed by atoms with Crippen LogP contribution in [0.1, 0.15) is 12.8 Å². The monoisotopic (exact) mass is 312 g/mol. The van der Waals surface area contributed by atoms with Crippen molar-refractivity contribution < 1.29 is 13.2 Å². The van der Waals surface area contributed by atoms with E-state index >= 15 is 0 Å². The van der Waals surface area contributed by atoms with Gasteiger partial charge in [-0.15, -0.1) is 0 Å². The second-order valence-corrected chi connectivity index (χ2v) is 7.70. The fourth-order valence-corrected chi connectivity index (χ4v) is 3.96. The van der Waals surface area contributed by atoms with Gasteiger partial charge in [-0.05, 0) is 12.8 Å². The van der Waals surface area contributed by atoms with Crippen LogP contribution in [-0.2, 0) is 14.8 Å². The Morgan fingerprint density at radius 2 is 2.14 bits per heavy atom. The molecule has 1 spiro atoms. The molecule has 1 aromatic heterocycles. The molecule has 0 bridgehead atoms. The number of hydrogen-bond acceptors (Lipinski definition) is 6. The Morgan fingerprint density at radius 3 is 2.86 bits per heavy atom. The van der Waals surface area contributed by atoms with E-state index in [0.717, 1.165) is 25.2 Å². The summed E-state index contributed by atoms with van der Waals surface area (Å²) in [4.78, 5) is 10.5. The van der Waals surface area contributed by atoms with Crippen molar-refractivity contribution in [1.82, 2.24) is 14.3 Å². The van der Waals surface area contributed by atoms with E-state index in [9.17, 15) is 8.42 Å². The van der Waals surface area contributed by atoms with Gasteiger partial charge in [0, 0.05) is 38.6 Å². The zero-order valence-electron chi connectivity index (χ0n) is 12.1. The van der Waals surface area contributed by atoms with Gasteiger partial charge in [-0.2, -0.15) is 4.31 Å². The average Bonchev–Trinajstić information content (AvgIpc) is 2.47. The van der Waals surface area contributed by atoms with Gasteiger partial charge < -0.3 is 9.64 Å². The SMILES string of the molecule is CS(=O)(=O)N1CCO[C@@]2(CCCN(c3cnccn3)C2)C1. The van der Waals surface area contributed by atoms with Gasteiger partial charge in [-0.1, -0.05) is 0 Å². The zero-order valence-corrected chi connectivity index (χ0v) is 12.9. The highest BCUT2D eigenvalue weighted by atomic mass is 32.2. The number of rotatable bonds is 2. The molecule has 2 aliphatic heterocycles. The maximum absolute atomic E-state index is 11.8. The summed E-state index contributed by atoms with van der Waals surface area (Å²) in [5.74, 6) is 0.816. The van der Waals surface area contributed by atoms with E-state index in [0.29, 0.717) is 26.2 Å². The molecular formula is C13H20N4O3S. The molecular weight excluding hydrogens is 292 g/mol. The number of nitrogens with zero attached hydrogens (tertiary/aromatic N) is 4. The number of ether oxygens (including phenoxy) is 1. The molecule has 8 heteroatoms. The van der Waals surface area contributed by atoms with Crippen molar-refractivity contribution in [2.75, 3.05) is 43.9 Å². The number of hydrogen-bond donors (Lipinski definition) is 0. The Kier molecular flexibility index (Phi) is 3.85. The minimum Gasteiger partial charge on any atom is -0.370 e. The van der Waals surface area contributed by atoms with Crippen molar-refractivity contribution in [3.63, 3.8) is 0 Å². The summed E-state index contributed by atoms with van der Waals surface area (Å²) < 4.78 is 31.1. The summed E-state index contributed by atoms with van der Waals surface area (Å²) in [6.07, 6.45) is 8.13. The van der Waals surface area contributed by atoms with Crippen molar-refractivity contribution in [2.45, 2.75) is 18.4 Å². The largest absolute Gasteiger partial charge is 0.370 e. The van der Waals surface area contributed by atoms with Crippen LogP contribution in [0.5, 0.6) is 0 Å². The first-order chi connectivity index (χ1) is 9.99. The topological polar surface area (TPSA) is 75.6 Å². The van der Waals surface area contributed by atoms with Crippen LogP contribution in [0.15, 0.2) is 18.6 Å². The fraction of sp³-hybridized carbons (Fsp3) is 0.692. The molecule has 116 valence electrons. The van der Waals surface area contributed by atoms with Crippen molar-refractivity contribution in [3.05, 3.63) is 18.6 Å². The van der Waals surface area contributed by atoms with E-state index in [2.05, 4.69) is 14.9 Å². The van der Waals surface area contributed by atoms with Gasteiger partial charge in [0.15, 0.2) is 0 Å². The van der Waals surface area contributed by atoms with Gasteiger partial charge in [0.2, 0.25) is 10.0 Å². The lowest BCUT2D eigenvalue weighted by molar-refractivity contribution is -0.0949. The third kappa shape index (κ3) is 3.17. The number of piperidine rings is 1. The lowest BCUT2D eigenvalue weighted by atomic mass is 9.91. The molecule has 0 N–H and O–H groups in total. The van der Waals surface area contributed by atoms with Crippen LogP contribution >= 0.6 is 0 Å². The second kappa shape index (κ2) is 5.51. The first kappa shape index (κ1) is 14.7. The standard InChI is InChI=1S/C13H20N4O3S/c1-21(18,19)17-7-8-20-13(11-17)3-2-6-16(10-13)12-9-14-4-5-15-12/h4-5,9H,2-3,6-8,10-11H2,1H3/t13-/m1/s1. The lowest BCUT2D eigenvalue weighted by Crippen LogP contribution is -2.60. The van der Waals surface area contributed by atoms with E-state index in [1.807, 2.05) is 0 Å². The van der Waals surface area contributed by atoms with Gasteiger partial charge in [0.05, 0.1) is 24.7 Å². The quantitative estimate of drug-likeness (QED) is 0.771. The Hall–Kier alpha value is -1.25. The average molecular weight is 312 g/mol. The zero-order chi connectivity index (χ0) is 14.9. The maximum Gasteiger partial charge on any atom is 0.211 e. The van der Waals surface area contributed by atoms with Crippen LogP contribution in [0.2, 0.25) is 0 Å². The molecule has 2 fully saturated rings. The maximum atomic E-state index is 11.8. The van der Waals surface area contributed by atoms with E-state index in [4.69, 9.17) is 4.74 Å². The highest BCUT2D eigenvalue weighted by Crippen LogP contribution is 2.31. The summed E-state index contributed by atoms with van der Waals surface area (Å²) in [7, 11) is -3.18. The molecule has 0 amide bonds. The van der Waals surface area contributed by atoms with Crippen LogP contribution in [0, 0.1) is 0 Å². The molecule has 3 heterocycles. The normalized spacial score (nSPS) is 28.0. The van der Waals surface area contributed by atoms with Crippen molar-refractivity contribution in [3.8, 4) is 0 Å². The first-order valence-corrected chi connectivity index (χ1v) is 8.93. The highest BCUT2D eigenvalue weighted by Gasteiger charge is 2.43. The summed E-state index contributed by atoms with van der Waals surface area (Å²) in [5, 5.41) is 0. The third-order valence-electron chi connectivity index (χ3n) is 4.10. The van der Waals surface area contributed by atoms with Crippen molar-refractivity contribution in [2.24, 2.45) is 0 Å². The van der Waals surface area contributed by atoms with Gasteiger partial charge in [0.1, 0.15) is 5.82 Å². The predicted octanol–water partition coefficient (Wildman–Crippen LogP) is 0.107. The van der Waals surface area contributed by atoms with Gasteiger partial charge in [-0.3, -0.25) is 4.98 Å². The second-order valence-electron chi connectivity index (χ2n) is 5.72. The van der Waals surface area contributed by atoms with E-state index in [-0.39, 0.29) is 0 Å². The molecule has 1 aromatic rings. The molecule has 7 nitrogen and oxygen atoms in total. The van der Waals surface area contributed by atoms with E-state index in [1.165, 1.54) is 10.6 Å². The van der Waals surface area contributed by atoms with E-state index in [1.54, 1.807) is 18.6 Å². The van der Waals surface area contributed by atoms with Crippen LogP contribution in [-0.4, -0.2) is 67.3 Å². The number of aromatic nitrogens is 2. The smallest absolute Gasteiger partial charge is 0.211 e. The lowest BCUT2D eigenvalue weighted by Gasteiger charge is -2.47. The van der Waals surface area contributed by atoms with E-state index < -0.39 is 15.6 Å². The molecule has 0 aromatic carbocycles. The van der Waals surface area contributed by atoms with Crippen LogP contribution in [0.3, 0.4) is 0 Å². The number of morpholine rings is 1. The van der Waals surface area contributed by atoms with Gasteiger partial charge in [-0.25, -0.2) is 13.4 Å². The number of anilines is 1. The van der Waals surface area contributed by atoms with Crippen LogP contribution < -0.4 is 4.90 Å². The Balaban J connectivity index is 1.78. The molecule has 3 rings (SSSR count). The van der Waals surface area contributed by atoms with Gasteiger partial charge in [0.25, 0.3) is 0 Å². The molecule has 0 radical (unpaired) electrons. The fourth-order valence-electron chi connectivity index (χ4n) is 3.09. The van der Waals surface area contributed by atoms with Crippen molar-refractivity contribution >= 4 is 15.8 Å². The summed E-state index contributed by atoms with van der Waals surface area (Å²) in [5.41, 5.74) is -0.433. The van der Waals surface area contributed by atoms with Gasteiger partial charge >= 0.3 is 0 Å². The predicted molar refractivity (Wildman–Crippen MR) is 78.6 cm³/mol. The summed E-state index contributed by atoms with van der Waals surface area (Å²) >= 11 is 0. The molecule has 2 aliphatic rings. The van der Waals surface area contributed by atoms with Crippen LogP contribution in [0.4, 0.5) is 5.82 Å². The minimum absolute atomic E-state index is 0.419. The summed E-state index contributed by atoms with van der Waals surface area (Å²) in [6.45, 7) is 2.84. The molecule has 1 atom stereocenters. The first-order valence-electron chi connectivity index (χ1n) is 7.09. The Labute approximate surface area is 125 Å². The molecule has 21 heavy (non-hydrogen) atoms. The minimum atomic E-state index is -3.18. The number of sulfonamides is 1. The Bertz CT molecular complexity index is 591. The summed E-state index contributed by atoms with van der Waals surface area (Å²) in [6, 6.07) is 0. The molecule has 0 saturated carbocycles. The van der Waals surface area contributed by atoms with Crippen LogP contribution in [0.25, 0.3) is 0 Å². The molecule has 0 aliphatic carbocycles. The highest BCUT2D eigenvalue weighted by molar-refractivity contribution is 7.88.